The van der Waals surface area contributed by atoms with E-state index < -0.39 is 0 Å². The monoisotopic (exact) mass is 512 g/mol. The van der Waals surface area contributed by atoms with E-state index in [-0.39, 0.29) is 23.3 Å². The van der Waals surface area contributed by atoms with E-state index in [1.54, 1.807) is 36.4 Å². The van der Waals surface area contributed by atoms with Gasteiger partial charge in [0.15, 0.2) is 0 Å². The highest BCUT2D eigenvalue weighted by Gasteiger charge is 2.15. The Kier molecular flexibility index (Phi) is 6.87. The summed E-state index contributed by atoms with van der Waals surface area (Å²) in [6.07, 6.45) is 0. The third-order valence-corrected chi connectivity index (χ3v) is 5.73. The molecule has 0 bridgehead atoms. The SMILES string of the molecule is O=C(CSc1nnc(-c2ccc(F)cc2)c(-c2ccc(F)cc2)n1)Nc1ccc(Br)cc1. The number of halogens is 3. The van der Waals surface area contributed by atoms with Gasteiger partial charge in [-0.25, -0.2) is 13.8 Å². The number of nitrogens with zero attached hydrogens (tertiary/aromatic N) is 3. The van der Waals surface area contributed by atoms with Gasteiger partial charge in [-0.15, -0.1) is 10.2 Å². The highest BCUT2D eigenvalue weighted by Crippen LogP contribution is 2.30. The molecule has 0 aliphatic heterocycles. The van der Waals surface area contributed by atoms with Crippen molar-refractivity contribution in [3.05, 3.63) is 88.9 Å². The summed E-state index contributed by atoms with van der Waals surface area (Å²) in [4.78, 5) is 16.8. The van der Waals surface area contributed by atoms with E-state index >= 15 is 0 Å². The Morgan fingerprint density at radius 1 is 0.812 bits per heavy atom. The van der Waals surface area contributed by atoms with Gasteiger partial charge in [0.25, 0.3) is 0 Å². The maximum absolute atomic E-state index is 13.4. The van der Waals surface area contributed by atoms with Crippen molar-refractivity contribution in [3.8, 4) is 22.5 Å². The van der Waals surface area contributed by atoms with Crippen molar-refractivity contribution in [2.45, 2.75) is 5.16 Å². The van der Waals surface area contributed by atoms with Crippen LogP contribution in [0.15, 0.2) is 82.4 Å². The van der Waals surface area contributed by atoms with Crippen LogP contribution < -0.4 is 5.32 Å². The fourth-order valence-electron chi connectivity index (χ4n) is 2.84. The Hall–Kier alpha value is -3.17. The summed E-state index contributed by atoms with van der Waals surface area (Å²) in [6.45, 7) is 0. The first-order valence-electron chi connectivity index (χ1n) is 9.43. The normalized spacial score (nSPS) is 10.7. The molecule has 0 saturated heterocycles. The maximum Gasteiger partial charge on any atom is 0.234 e. The average Bonchev–Trinajstić information content (AvgIpc) is 2.80. The summed E-state index contributed by atoms with van der Waals surface area (Å²) >= 11 is 4.48. The molecule has 4 aromatic rings. The number of carbonyl (C=O) groups is 1. The summed E-state index contributed by atoms with van der Waals surface area (Å²) < 4.78 is 27.7. The second-order valence-corrected chi connectivity index (χ2v) is 8.51. The fourth-order valence-corrected chi connectivity index (χ4v) is 3.69. The molecule has 1 aromatic heterocycles. The number of thioether (sulfide) groups is 1. The van der Waals surface area contributed by atoms with Crippen LogP contribution in [0.25, 0.3) is 22.5 Å². The Morgan fingerprint density at radius 3 is 1.97 bits per heavy atom. The van der Waals surface area contributed by atoms with Crippen molar-refractivity contribution in [3.63, 3.8) is 0 Å². The second kappa shape index (κ2) is 9.97. The molecule has 0 spiro atoms. The predicted molar refractivity (Wildman–Crippen MR) is 124 cm³/mol. The van der Waals surface area contributed by atoms with Gasteiger partial charge in [-0.2, -0.15) is 0 Å². The van der Waals surface area contributed by atoms with Crippen molar-refractivity contribution in [1.82, 2.24) is 15.2 Å². The Bertz CT molecular complexity index is 1240. The van der Waals surface area contributed by atoms with Gasteiger partial charge >= 0.3 is 0 Å². The summed E-state index contributed by atoms with van der Waals surface area (Å²) in [5.74, 6) is -0.886. The molecule has 0 atom stereocenters. The van der Waals surface area contributed by atoms with E-state index in [2.05, 4.69) is 36.4 Å². The molecular weight excluding hydrogens is 498 g/mol. The van der Waals surface area contributed by atoms with Crippen LogP contribution in [0.3, 0.4) is 0 Å². The zero-order valence-corrected chi connectivity index (χ0v) is 18.8. The van der Waals surface area contributed by atoms with Gasteiger partial charge in [0.2, 0.25) is 11.1 Å². The van der Waals surface area contributed by atoms with Crippen LogP contribution >= 0.6 is 27.7 Å². The summed E-state index contributed by atoms with van der Waals surface area (Å²) in [6, 6.07) is 18.8. The number of hydrogen-bond donors (Lipinski definition) is 1. The molecule has 4 rings (SSSR count). The molecule has 32 heavy (non-hydrogen) atoms. The first kappa shape index (κ1) is 22.0. The first-order chi connectivity index (χ1) is 15.5. The lowest BCUT2D eigenvalue weighted by molar-refractivity contribution is -0.113. The molecule has 0 radical (unpaired) electrons. The summed E-state index contributed by atoms with van der Waals surface area (Å²) in [5, 5.41) is 11.5. The van der Waals surface area contributed by atoms with E-state index in [1.165, 1.54) is 24.3 Å². The van der Waals surface area contributed by atoms with Crippen molar-refractivity contribution in [2.75, 3.05) is 11.1 Å². The Morgan fingerprint density at radius 2 is 1.38 bits per heavy atom. The van der Waals surface area contributed by atoms with E-state index in [0.29, 0.717) is 33.4 Å². The van der Waals surface area contributed by atoms with E-state index in [9.17, 15) is 13.6 Å². The zero-order chi connectivity index (χ0) is 22.5. The van der Waals surface area contributed by atoms with Crippen LogP contribution in [0.4, 0.5) is 14.5 Å². The predicted octanol–water partition coefficient (Wildman–Crippen LogP) is 5.98. The molecule has 0 unspecified atom stereocenters. The van der Waals surface area contributed by atoms with Crippen molar-refractivity contribution in [1.29, 1.82) is 0 Å². The highest BCUT2D eigenvalue weighted by molar-refractivity contribution is 9.10. The van der Waals surface area contributed by atoms with Crippen LogP contribution in [0.1, 0.15) is 0 Å². The van der Waals surface area contributed by atoms with Gasteiger partial charge in [-0.1, -0.05) is 27.7 Å². The van der Waals surface area contributed by atoms with Gasteiger partial charge < -0.3 is 5.32 Å². The standard InChI is InChI=1S/C23H15BrF2N4OS/c24-16-5-11-19(12-6-16)27-20(31)13-32-23-28-21(14-1-7-17(25)8-2-14)22(29-30-23)15-3-9-18(26)10-4-15/h1-12H,13H2,(H,27,31). The lowest BCUT2D eigenvalue weighted by atomic mass is 10.0. The van der Waals surface area contributed by atoms with Gasteiger partial charge in [0, 0.05) is 21.3 Å². The van der Waals surface area contributed by atoms with Crippen LogP contribution in [-0.2, 0) is 4.79 Å². The van der Waals surface area contributed by atoms with Crippen molar-refractivity contribution in [2.24, 2.45) is 0 Å². The summed E-state index contributed by atoms with van der Waals surface area (Å²) in [5.41, 5.74) is 2.82. The third kappa shape index (κ3) is 5.54. The molecule has 1 N–H and O–H groups in total. The molecule has 0 aliphatic rings. The topological polar surface area (TPSA) is 67.8 Å². The van der Waals surface area contributed by atoms with Crippen LogP contribution in [0, 0.1) is 11.6 Å². The number of carbonyl (C=O) groups excluding carboxylic acids is 1. The number of anilines is 1. The highest BCUT2D eigenvalue weighted by atomic mass is 79.9. The molecule has 5 nitrogen and oxygen atoms in total. The molecule has 1 amide bonds. The lowest BCUT2D eigenvalue weighted by Crippen LogP contribution is -2.14. The average molecular weight is 513 g/mol. The van der Waals surface area contributed by atoms with Crippen LogP contribution in [0.2, 0.25) is 0 Å². The molecule has 3 aromatic carbocycles. The zero-order valence-electron chi connectivity index (χ0n) is 16.4. The van der Waals surface area contributed by atoms with E-state index in [0.717, 1.165) is 16.2 Å². The Balaban J connectivity index is 1.57. The Labute approximate surface area is 195 Å². The number of amides is 1. The minimum absolute atomic E-state index is 0.0799. The second-order valence-electron chi connectivity index (χ2n) is 6.65. The van der Waals surface area contributed by atoms with Gasteiger partial charge in [-0.05, 0) is 72.8 Å². The van der Waals surface area contributed by atoms with Gasteiger partial charge in [0.1, 0.15) is 23.0 Å². The number of nitrogens with one attached hydrogen (secondary N) is 1. The number of aromatic nitrogens is 3. The molecule has 160 valence electrons. The molecule has 1 heterocycles. The van der Waals surface area contributed by atoms with Crippen LogP contribution in [-0.4, -0.2) is 26.8 Å². The third-order valence-electron chi connectivity index (χ3n) is 4.36. The van der Waals surface area contributed by atoms with Gasteiger partial charge in [-0.3, -0.25) is 4.79 Å². The number of rotatable bonds is 6. The number of hydrogen-bond acceptors (Lipinski definition) is 5. The molecule has 9 heteroatoms. The first-order valence-corrected chi connectivity index (χ1v) is 11.2. The molecule has 0 saturated carbocycles. The van der Waals surface area contributed by atoms with E-state index in [1.807, 2.05) is 12.1 Å². The fraction of sp³-hybridized carbons (Fsp3) is 0.0435. The van der Waals surface area contributed by atoms with Crippen LogP contribution in [0.5, 0.6) is 0 Å². The maximum atomic E-state index is 13.4. The summed E-state index contributed by atoms with van der Waals surface area (Å²) in [7, 11) is 0. The quantitative estimate of drug-likeness (QED) is 0.322. The number of benzene rings is 3. The lowest BCUT2D eigenvalue weighted by Gasteiger charge is -2.10. The van der Waals surface area contributed by atoms with Crippen molar-refractivity contribution < 1.29 is 13.6 Å². The largest absolute Gasteiger partial charge is 0.325 e. The van der Waals surface area contributed by atoms with Gasteiger partial charge in [0.05, 0.1) is 5.75 Å². The molecule has 0 aliphatic carbocycles. The molecular formula is C23H15BrF2N4OS. The van der Waals surface area contributed by atoms with Crippen molar-refractivity contribution >= 4 is 39.3 Å². The minimum atomic E-state index is -0.377. The molecule has 0 fully saturated rings. The smallest absolute Gasteiger partial charge is 0.234 e. The van der Waals surface area contributed by atoms with E-state index in [4.69, 9.17) is 0 Å². The minimum Gasteiger partial charge on any atom is -0.325 e.